The predicted octanol–water partition coefficient (Wildman–Crippen LogP) is 3.39. The third-order valence-corrected chi connectivity index (χ3v) is 8.78. The first-order chi connectivity index (χ1) is 20.1. The van der Waals surface area contributed by atoms with E-state index in [4.69, 9.17) is 4.42 Å². The Kier molecular flexibility index (Phi) is 7.48. The van der Waals surface area contributed by atoms with Crippen molar-refractivity contribution in [3.63, 3.8) is 0 Å². The van der Waals surface area contributed by atoms with Gasteiger partial charge in [0.25, 0.3) is 11.8 Å². The average Bonchev–Trinajstić information content (AvgIpc) is 3.74. The highest BCUT2D eigenvalue weighted by molar-refractivity contribution is 5.96. The van der Waals surface area contributed by atoms with Gasteiger partial charge in [0.2, 0.25) is 11.7 Å². The second kappa shape index (κ2) is 11.1. The summed E-state index contributed by atoms with van der Waals surface area (Å²) in [5.41, 5.74) is -1.67. The molecular weight excluding hydrogens is 553 g/mol. The van der Waals surface area contributed by atoms with Gasteiger partial charge in [-0.05, 0) is 62.8 Å². The van der Waals surface area contributed by atoms with E-state index in [1.807, 2.05) is 0 Å². The van der Waals surface area contributed by atoms with E-state index in [-0.39, 0.29) is 42.0 Å². The maximum absolute atomic E-state index is 13.0. The zero-order valence-electron chi connectivity index (χ0n) is 22.8. The minimum Gasteiger partial charge on any atom is -0.442 e. The van der Waals surface area contributed by atoms with E-state index in [2.05, 4.69) is 25.2 Å². The largest absolute Gasteiger partial charge is 0.442 e. The Labute approximate surface area is 240 Å². The first-order valence-electron chi connectivity index (χ1n) is 14.1. The van der Waals surface area contributed by atoms with E-state index in [1.54, 1.807) is 23.4 Å². The molecule has 0 radical (unpaired) electrons. The summed E-state index contributed by atoms with van der Waals surface area (Å²) in [5, 5.41) is 13.9. The van der Waals surface area contributed by atoms with Crippen LogP contribution in [0.1, 0.15) is 60.1 Å². The molecular formula is C29H31F3N6O4. The molecule has 2 unspecified atom stereocenters. The third-order valence-electron chi connectivity index (χ3n) is 8.78. The van der Waals surface area contributed by atoms with Gasteiger partial charge in [0, 0.05) is 49.2 Å². The Morgan fingerprint density at radius 3 is 2.52 bits per heavy atom. The number of fused-ring (bicyclic) bond motifs is 1. The molecule has 3 aliphatic rings. The van der Waals surface area contributed by atoms with Gasteiger partial charge in [-0.1, -0.05) is 6.07 Å². The summed E-state index contributed by atoms with van der Waals surface area (Å²) in [6, 6.07) is 6.33. The van der Waals surface area contributed by atoms with E-state index < -0.39 is 23.2 Å². The highest BCUT2D eigenvalue weighted by atomic mass is 19.4. The van der Waals surface area contributed by atoms with Gasteiger partial charge in [-0.25, -0.2) is 15.0 Å². The van der Waals surface area contributed by atoms with Crippen LogP contribution in [0.4, 0.5) is 13.2 Å². The molecule has 222 valence electrons. The van der Waals surface area contributed by atoms with Gasteiger partial charge >= 0.3 is 6.18 Å². The Bertz CT molecular complexity index is 1440. The molecule has 13 heteroatoms. The van der Waals surface area contributed by atoms with Crippen molar-refractivity contribution in [3.05, 3.63) is 65.8 Å². The zero-order chi connectivity index (χ0) is 29.5. The van der Waals surface area contributed by atoms with Crippen LogP contribution in [0.3, 0.4) is 0 Å². The molecule has 2 saturated heterocycles. The molecule has 3 aromatic rings. The summed E-state index contributed by atoms with van der Waals surface area (Å²) in [7, 11) is 0. The summed E-state index contributed by atoms with van der Waals surface area (Å²) in [5.74, 6) is -0.333. The van der Waals surface area contributed by atoms with Gasteiger partial charge in [0.15, 0.2) is 0 Å². The van der Waals surface area contributed by atoms with Crippen molar-refractivity contribution in [1.29, 1.82) is 0 Å². The Morgan fingerprint density at radius 1 is 1.05 bits per heavy atom. The highest BCUT2D eigenvalue weighted by Gasteiger charge is 2.48. The van der Waals surface area contributed by atoms with Gasteiger partial charge in [-0.15, -0.1) is 0 Å². The normalized spacial score (nSPS) is 26.3. The predicted molar refractivity (Wildman–Crippen MR) is 143 cm³/mol. The summed E-state index contributed by atoms with van der Waals surface area (Å²) in [6.45, 7) is 1.12. The molecule has 6 rings (SSSR count). The van der Waals surface area contributed by atoms with Crippen molar-refractivity contribution in [2.45, 2.75) is 68.4 Å². The van der Waals surface area contributed by atoms with Crippen LogP contribution in [0.2, 0.25) is 0 Å². The number of alkyl halides is 3. The minimum atomic E-state index is -4.56. The quantitative estimate of drug-likeness (QED) is 0.452. The number of nitrogens with zero attached hydrogens (tertiary/aromatic N) is 5. The summed E-state index contributed by atoms with van der Waals surface area (Å²) in [4.78, 5) is 42.5. The lowest BCUT2D eigenvalue weighted by Gasteiger charge is -2.40. The van der Waals surface area contributed by atoms with Gasteiger partial charge in [-0.2, -0.15) is 13.2 Å². The van der Waals surface area contributed by atoms with Crippen molar-refractivity contribution in [1.82, 2.24) is 30.1 Å². The molecule has 2 N–H and O–H groups in total. The molecule has 2 aromatic heterocycles. The average molecular weight is 585 g/mol. The monoisotopic (exact) mass is 584 g/mol. The van der Waals surface area contributed by atoms with Crippen molar-refractivity contribution in [2.75, 3.05) is 19.6 Å². The maximum Gasteiger partial charge on any atom is 0.416 e. The van der Waals surface area contributed by atoms with Crippen molar-refractivity contribution in [2.24, 2.45) is 0 Å². The van der Waals surface area contributed by atoms with Crippen LogP contribution in [0.5, 0.6) is 0 Å². The van der Waals surface area contributed by atoms with Crippen molar-refractivity contribution >= 4 is 11.8 Å². The number of rotatable bonds is 6. The molecule has 0 bridgehead atoms. The fourth-order valence-corrected chi connectivity index (χ4v) is 6.65. The van der Waals surface area contributed by atoms with Gasteiger partial charge in [0.1, 0.15) is 17.6 Å². The third kappa shape index (κ3) is 5.50. The van der Waals surface area contributed by atoms with Crippen molar-refractivity contribution < 1.29 is 32.3 Å². The lowest BCUT2D eigenvalue weighted by molar-refractivity contribution is -0.137. The second-order valence-corrected chi connectivity index (χ2v) is 11.2. The van der Waals surface area contributed by atoms with Crippen LogP contribution in [0, 0.1) is 0 Å². The van der Waals surface area contributed by atoms with Crippen LogP contribution >= 0.6 is 0 Å². The van der Waals surface area contributed by atoms with Gasteiger partial charge in [-0.3, -0.25) is 14.5 Å². The molecule has 2 amide bonds. The molecule has 3 fully saturated rings. The van der Waals surface area contributed by atoms with Crippen LogP contribution in [-0.4, -0.2) is 79.4 Å². The lowest BCUT2D eigenvalue weighted by atomic mass is 9.79. The topological polar surface area (TPSA) is 125 Å². The number of hydrogen-bond donors (Lipinski definition) is 2. The number of likely N-dealkylation sites (tertiary alicyclic amines) is 2. The first kappa shape index (κ1) is 28.3. The summed E-state index contributed by atoms with van der Waals surface area (Å²) >= 11 is 0. The number of carbonyl (C=O) groups excluding carboxylic acids is 2. The van der Waals surface area contributed by atoms with Gasteiger partial charge in [0.05, 0.1) is 12.1 Å². The van der Waals surface area contributed by atoms with Crippen molar-refractivity contribution in [3.8, 4) is 11.7 Å². The minimum absolute atomic E-state index is 0.0211. The highest BCUT2D eigenvalue weighted by Crippen LogP contribution is 2.42. The van der Waals surface area contributed by atoms with Crippen LogP contribution in [0.25, 0.3) is 11.7 Å². The van der Waals surface area contributed by atoms with Gasteiger partial charge < -0.3 is 19.7 Å². The van der Waals surface area contributed by atoms with Crippen LogP contribution in [-0.2, 0) is 16.6 Å². The SMILES string of the molecule is O=C(NCC(=O)N1CCC2C1CCN2C1CCC(O)(c2coc(-c3ncccn3)n2)CC1)c1cccc(C(F)(F)F)c1. The fourth-order valence-electron chi connectivity index (χ4n) is 6.65. The number of benzene rings is 1. The first-order valence-corrected chi connectivity index (χ1v) is 14.1. The summed E-state index contributed by atoms with van der Waals surface area (Å²) < 4.78 is 44.5. The molecule has 4 heterocycles. The molecule has 1 saturated carbocycles. The molecule has 2 aliphatic heterocycles. The summed E-state index contributed by atoms with van der Waals surface area (Å²) in [6.07, 6.45) is 4.33. The number of halogens is 3. The number of oxazole rings is 1. The number of carbonyl (C=O) groups is 2. The zero-order valence-corrected chi connectivity index (χ0v) is 22.8. The van der Waals surface area contributed by atoms with E-state index in [0.29, 0.717) is 30.9 Å². The number of hydrogen-bond acceptors (Lipinski definition) is 8. The standard InChI is InChI=1S/C29H31F3N6O4/c30-29(31,32)19-4-1-3-18(15-19)26(40)35-16-24(39)38-14-8-21-22(38)7-13-37(21)20-5-9-28(41,10-6-20)23-17-42-27(36-23)25-33-11-2-12-34-25/h1-4,11-12,15,17,20-22,41H,5-10,13-14,16H2,(H,35,40). The van der Waals surface area contributed by atoms with E-state index in [0.717, 1.165) is 44.4 Å². The molecule has 0 spiro atoms. The number of aromatic nitrogens is 3. The molecule has 42 heavy (non-hydrogen) atoms. The fraction of sp³-hybridized carbons (Fsp3) is 0.483. The molecule has 1 aromatic carbocycles. The smallest absolute Gasteiger partial charge is 0.416 e. The Hall–Kier alpha value is -3.84. The van der Waals surface area contributed by atoms with E-state index in [9.17, 15) is 27.9 Å². The Morgan fingerprint density at radius 2 is 1.79 bits per heavy atom. The second-order valence-electron chi connectivity index (χ2n) is 11.2. The molecule has 2 atom stereocenters. The Balaban J connectivity index is 1.02. The number of nitrogens with one attached hydrogen (secondary N) is 1. The molecule has 10 nitrogen and oxygen atoms in total. The van der Waals surface area contributed by atoms with Crippen LogP contribution in [0.15, 0.2) is 53.4 Å². The lowest BCUT2D eigenvalue weighted by Crippen LogP contribution is -2.47. The maximum atomic E-state index is 13.0. The number of aliphatic hydroxyl groups is 1. The van der Waals surface area contributed by atoms with E-state index >= 15 is 0 Å². The van der Waals surface area contributed by atoms with Crippen LogP contribution < -0.4 is 5.32 Å². The molecule has 1 aliphatic carbocycles. The number of amides is 2. The van der Waals surface area contributed by atoms with E-state index in [1.165, 1.54) is 18.4 Å².